The number of piperazine rings is 1. The van der Waals surface area contributed by atoms with Gasteiger partial charge in [-0.05, 0) is 32.9 Å². The molecule has 2 atom stereocenters. The minimum atomic E-state index is -0.0627. The summed E-state index contributed by atoms with van der Waals surface area (Å²) in [5, 5.41) is 9.53. The smallest absolute Gasteiger partial charge is 0.238 e. The second-order valence-corrected chi connectivity index (χ2v) is 5.40. The Balaban J connectivity index is 1.67. The Hall–Kier alpha value is -0.650. The van der Waals surface area contributed by atoms with Gasteiger partial charge in [-0.25, -0.2) is 0 Å². The molecule has 2 aliphatic rings. The molecule has 0 spiro atoms. The molecule has 0 aliphatic carbocycles. The van der Waals surface area contributed by atoms with Gasteiger partial charge in [0.05, 0.1) is 6.04 Å². The lowest BCUT2D eigenvalue weighted by Crippen LogP contribution is -2.57. The second kappa shape index (κ2) is 7.07. The van der Waals surface area contributed by atoms with Crippen LogP contribution in [0.4, 0.5) is 0 Å². The number of piperidine rings is 1. The van der Waals surface area contributed by atoms with Crippen LogP contribution < -0.4 is 16.0 Å². The molecule has 2 unspecified atom stereocenters. The highest BCUT2D eigenvalue weighted by Crippen LogP contribution is 2.11. The van der Waals surface area contributed by atoms with E-state index < -0.39 is 0 Å². The van der Waals surface area contributed by atoms with Crippen molar-refractivity contribution in [1.82, 2.24) is 20.9 Å². The van der Waals surface area contributed by atoms with Gasteiger partial charge >= 0.3 is 0 Å². The van der Waals surface area contributed by atoms with Crippen LogP contribution in [0.3, 0.4) is 0 Å². The largest absolute Gasteiger partial charge is 0.353 e. The Morgan fingerprint density at radius 3 is 2.78 bits per heavy atom. The molecule has 0 aromatic rings. The van der Waals surface area contributed by atoms with Crippen LogP contribution in [-0.2, 0) is 4.79 Å². The van der Waals surface area contributed by atoms with Crippen molar-refractivity contribution in [2.24, 2.45) is 0 Å². The average molecular weight is 254 g/mol. The normalized spacial score (nSPS) is 27.7. The number of likely N-dealkylation sites (tertiary alicyclic amines) is 1. The first-order valence-corrected chi connectivity index (χ1v) is 7.23. The van der Waals surface area contributed by atoms with E-state index >= 15 is 0 Å². The van der Waals surface area contributed by atoms with Crippen molar-refractivity contribution in [2.45, 2.75) is 38.3 Å². The molecule has 2 aliphatic heterocycles. The first kappa shape index (κ1) is 13.8. The number of hydrogen-bond acceptors (Lipinski definition) is 4. The summed E-state index contributed by atoms with van der Waals surface area (Å²) in [4.78, 5) is 14.4. The molecule has 0 aromatic heterocycles. The van der Waals surface area contributed by atoms with Crippen molar-refractivity contribution >= 4 is 5.91 Å². The highest BCUT2D eigenvalue weighted by atomic mass is 16.2. The molecule has 5 heteroatoms. The van der Waals surface area contributed by atoms with Gasteiger partial charge in [0.15, 0.2) is 0 Å². The van der Waals surface area contributed by atoms with Crippen molar-refractivity contribution in [3.63, 3.8) is 0 Å². The summed E-state index contributed by atoms with van der Waals surface area (Å²) < 4.78 is 0. The number of nitrogens with one attached hydrogen (secondary N) is 3. The maximum Gasteiger partial charge on any atom is 0.238 e. The van der Waals surface area contributed by atoms with Gasteiger partial charge in [-0.1, -0.05) is 6.42 Å². The third kappa shape index (κ3) is 3.93. The van der Waals surface area contributed by atoms with E-state index in [9.17, 15) is 4.79 Å². The van der Waals surface area contributed by atoms with E-state index in [4.69, 9.17) is 0 Å². The zero-order valence-electron chi connectivity index (χ0n) is 11.4. The van der Waals surface area contributed by atoms with Crippen LogP contribution in [0, 0.1) is 0 Å². The molecule has 0 aromatic carbocycles. The maximum absolute atomic E-state index is 12.0. The van der Waals surface area contributed by atoms with Crippen LogP contribution >= 0.6 is 0 Å². The molecule has 2 rings (SSSR count). The second-order valence-electron chi connectivity index (χ2n) is 5.40. The fourth-order valence-electron chi connectivity index (χ4n) is 2.70. The van der Waals surface area contributed by atoms with Gasteiger partial charge in [0.1, 0.15) is 0 Å². The van der Waals surface area contributed by atoms with Gasteiger partial charge in [0, 0.05) is 32.2 Å². The lowest BCUT2D eigenvalue weighted by atomic mass is 10.1. The lowest BCUT2D eigenvalue weighted by molar-refractivity contribution is -0.123. The molecule has 2 fully saturated rings. The number of amides is 1. The zero-order valence-corrected chi connectivity index (χ0v) is 11.4. The van der Waals surface area contributed by atoms with Gasteiger partial charge < -0.3 is 16.0 Å². The Bertz CT molecular complexity index is 260. The summed E-state index contributed by atoms with van der Waals surface area (Å²) in [5.41, 5.74) is 0. The van der Waals surface area contributed by atoms with E-state index in [1.54, 1.807) is 0 Å². The van der Waals surface area contributed by atoms with Crippen molar-refractivity contribution in [1.29, 1.82) is 0 Å². The topological polar surface area (TPSA) is 56.4 Å². The number of carbonyl (C=O) groups is 1. The predicted octanol–water partition coefficient (Wildman–Crippen LogP) is -0.462. The number of nitrogens with zero attached hydrogens (tertiary/aromatic N) is 1. The van der Waals surface area contributed by atoms with E-state index in [1.165, 1.54) is 32.4 Å². The summed E-state index contributed by atoms with van der Waals surface area (Å²) in [6.45, 7) is 7.90. The molecular formula is C13H26N4O. The highest BCUT2D eigenvalue weighted by Gasteiger charge is 2.22. The molecule has 5 nitrogen and oxygen atoms in total. The minimum absolute atomic E-state index is 0.0627. The van der Waals surface area contributed by atoms with Gasteiger partial charge in [-0.15, -0.1) is 0 Å². The Morgan fingerprint density at radius 1 is 1.33 bits per heavy atom. The van der Waals surface area contributed by atoms with Gasteiger partial charge in [-0.2, -0.15) is 0 Å². The lowest BCUT2D eigenvalue weighted by Gasteiger charge is -2.33. The van der Waals surface area contributed by atoms with Gasteiger partial charge in [0.25, 0.3) is 0 Å². The van der Waals surface area contributed by atoms with Crippen LogP contribution in [-0.4, -0.2) is 62.2 Å². The molecule has 0 radical (unpaired) electrons. The predicted molar refractivity (Wildman–Crippen MR) is 72.6 cm³/mol. The fourth-order valence-corrected chi connectivity index (χ4v) is 2.70. The molecule has 0 bridgehead atoms. The van der Waals surface area contributed by atoms with Crippen molar-refractivity contribution in [2.75, 3.05) is 39.3 Å². The Morgan fingerprint density at radius 2 is 2.11 bits per heavy atom. The monoisotopic (exact) mass is 254 g/mol. The van der Waals surface area contributed by atoms with E-state index in [2.05, 4.69) is 27.8 Å². The molecule has 3 N–H and O–H groups in total. The summed E-state index contributed by atoms with van der Waals surface area (Å²) in [6.07, 6.45) is 3.95. The van der Waals surface area contributed by atoms with Gasteiger partial charge in [0.2, 0.25) is 5.91 Å². The third-order valence-corrected chi connectivity index (χ3v) is 3.94. The first-order chi connectivity index (χ1) is 8.77. The van der Waals surface area contributed by atoms with Crippen LogP contribution in [0.2, 0.25) is 0 Å². The summed E-state index contributed by atoms with van der Waals surface area (Å²) in [6, 6.07) is 0.387. The van der Waals surface area contributed by atoms with Crippen LogP contribution in [0.1, 0.15) is 26.2 Å². The molecule has 1 amide bonds. The maximum atomic E-state index is 12.0. The van der Waals surface area contributed by atoms with Crippen LogP contribution in [0.5, 0.6) is 0 Å². The van der Waals surface area contributed by atoms with Crippen LogP contribution in [0.15, 0.2) is 0 Å². The molecule has 0 saturated carbocycles. The van der Waals surface area contributed by atoms with Crippen molar-refractivity contribution < 1.29 is 4.79 Å². The zero-order chi connectivity index (χ0) is 12.8. The van der Waals surface area contributed by atoms with E-state index in [0.29, 0.717) is 6.04 Å². The average Bonchev–Trinajstić information content (AvgIpc) is 2.46. The quantitative estimate of drug-likeness (QED) is 0.635. The number of hydrogen-bond donors (Lipinski definition) is 3. The summed E-state index contributed by atoms with van der Waals surface area (Å²) >= 11 is 0. The fraction of sp³-hybridized carbons (Fsp3) is 0.923. The minimum Gasteiger partial charge on any atom is -0.353 e. The Labute approximate surface area is 110 Å². The standard InChI is InChI=1S/C13H26N4O/c1-11(17-7-3-2-4-8-17)9-16-13(18)12-10-14-5-6-15-12/h11-12,14-15H,2-10H2,1H3,(H,16,18). The van der Waals surface area contributed by atoms with E-state index in [0.717, 1.165) is 26.2 Å². The Kier molecular flexibility index (Phi) is 5.41. The van der Waals surface area contributed by atoms with Crippen molar-refractivity contribution in [3.8, 4) is 0 Å². The molecule has 18 heavy (non-hydrogen) atoms. The molecular weight excluding hydrogens is 228 g/mol. The third-order valence-electron chi connectivity index (χ3n) is 3.94. The van der Waals surface area contributed by atoms with E-state index in [-0.39, 0.29) is 11.9 Å². The highest BCUT2D eigenvalue weighted by molar-refractivity contribution is 5.82. The number of carbonyl (C=O) groups excluding carboxylic acids is 1. The van der Waals surface area contributed by atoms with Crippen molar-refractivity contribution in [3.05, 3.63) is 0 Å². The summed E-state index contributed by atoms with van der Waals surface area (Å²) in [5.74, 6) is 0.131. The van der Waals surface area contributed by atoms with Crippen LogP contribution in [0.25, 0.3) is 0 Å². The molecule has 2 heterocycles. The molecule has 104 valence electrons. The SMILES string of the molecule is CC(CNC(=O)C1CNCCN1)N1CCCCC1. The number of rotatable bonds is 4. The van der Waals surface area contributed by atoms with Gasteiger partial charge in [-0.3, -0.25) is 9.69 Å². The van der Waals surface area contributed by atoms with E-state index in [1.807, 2.05) is 0 Å². The first-order valence-electron chi connectivity index (χ1n) is 7.23. The molecule has 2 saturated heterocycles. The summed E-state index contributed by atoms with van der Waals surface area (Å²) in [7, 11) is 0.